The number of nitrogen functional groups attached to an aromatic ring is 1. The molecule has 0 amide bonds. The molecule has 3 heterocycles. The number of rotatable bonds is 3. The largest absolute Gasteiger partial charge is 0.384 e. The summed E-state index contributed by atoms with van der Waals surface area (Å²) >= 11 is 7.87. The van der Waals surface area contributed by atoms with Gasteiger partial charge in [0.1, 0.15) is 17.6 Å². The Morgan fingerprint density at radius 3 is 2.76 bits per heavy atom. The van der Waals surface area contributed by atoms with Crippen molar-refractivity contribution in [3.05, 3.63) is 34.2 Å². The summed E-state index contributed by atoms with van der Waals surface area (Å²) in [7, 11) is 2.03. The molecule has 0 saturated heterocycles. The van der Waals surface area contributed by atoms with Crippen LogP contribution in [0.3, 0.4) is 0 Å². The van der Waals surface area contributed by atoms with Gasteiger partial charge in [0.15, 0.2) is 10.3 Å². The van der Waals surface area contributed by atoms with Gasteiger partial charge in [-0.3, -0.25) is 0 Å². The third-order valence-electron chi connectivity index (χ3n) is 4.25. The molecule has 1 aliphatic heterocycles. The summed E-state index contributed by atoms with van der Waals surface area (Å²) in [6, 6.07) is 5.56. The number of hydrogen-bond donors (Lipinski definition) is 1. The Morgan fingerprint density at radius 2 is 2.08 bits per heavy atom. The maximum absolute atomic E-state index is 9.02. The van der Waals surface area contributed by atoms with Crippen LogP contribution in [0.25, 0.3) is 0 Å². The SMILES string of the molecule is CC(Sc1nc(N)cc(C#N)n1)c1cc2c(c(Cl)n1)N(C)CC2(C)C. The molecule has 0 fully saturated rings. The molecule has 2 aromatic heterocycles. The molecule has 8 heteroatoms. The first-order valence-electron chi connectivity index (χ1n) is 7.84. The number of aromatic nitrogens is 3. The second-order valence-electron chi connectivity index (χ2n) is 6.81. The number of nitrogens with zero attached hydrogens (tertiary/aromatic N) is 5. The van der Waals surface area contributed by atoms with E-state index in [1.165, 1.54) is 23.4 Å². The van der Waals surface area contributed by atoms with Crippen molar-refractivity contribution in [3.63, 3.8) is 0 Å². The van der Waals surface area contributed by atoms with Crippen LogP contribution >= 0.6 is 23.4 Å². The molecule has 6 nitrogen and oxygen atoms in total. The zero-order valence-electron chi connectivity index (χ0n) is 14.5. The van der Waals surface area contributed by atoms with E-state index in [0.717, 1.165) is 17.9 Å². The number of fused-ring (bicyclic) bond motifs is 1. The topological polar surface area (TPSA) is 91.7 Å². The predicted octanol–water partition coefficient (Wildman–Crippen LogP) is 3.56. The number of likely N-dealkylation sites (N-methyl/N-ethyl adjacent to an activating group) is 1. The lowest BCUT2D eigenvalue weighted by Crippen LogP contribution is -2.25. The lowest BCUT2D eigenvalue weighted by atomic mass is 9.87. The van der Waals surface area contributed by atoms with Crippen molar-refractivity contribution < 1.29 is 0 Å². The van der Waals surface area contributed by atoms with Crippen LogP contribution in [-0.4, -0.2) is 28.5 Å². The quantitative estimate of drug-likeness (QED) is 0.498. The number of nitrogens with two attached hydrogens (primary N) is 1. The molecule has 25 heavy (non-hydrogen) atoms. The fourth-order valence-electron chi connectivity index (χ4n) is 3.14. The van der Waals surface area contributed by atoms with Crippen molar-refractivity contribution in [2.24, 2.45) is 0 Å². The van der Waals surface area contributed by atoms with E-state index in [2.05, 4.69) is 39.8 Å². The van der Waals surface area contributed by atoms with Gasteiger partial charge < -0.3 is 10.6 Å². The number of halogens is 1. The maximum atomic E-state index is 9.02. The third kappa shape index (κ3) is 3.37. The number of pyridine rings is 1. The number of hydrogen-bond acceptors (Lipinski definition) is 7. The fourth-order valence-corrected chi connectivity index (χ4v) is 4.35. The van der Waals surface area contributed by atoms with Gasteiger partial charge >= 0.3 is 0 Å². The fraction of sp³-hybridized carbons (Fsp3) is 0.412. The second kappa shape index (κ2) is 6.36. The summed E-state index contributed by atoms with van der Waals surface area (Å²) in [4.78, 5) is 15.1. The molecule has 0 radical (unpaired) electrons. The number of thioether (sulfide) groups is 1. The summed E-state index contributed by atoms with van der Waals surface area (Å²) in [5.74, 6) is 0.281. The van der Waals surface area contributed by atoms with E-state index in [0.29, 0.717) is 10.3 Å². The minimum atomic E-state index is -0.0298. The van der Waals surface area contributed by atoms with Crippen molar-refractivity contribution in [2.45, 2.75) is 36.6 Å². The van der Waals surface area contributed by atoms with Gasteiger partial charge in [0.25, 0.3) is 0 Å². The summed E-state index contributed by atoms with van der Waals surface area (Å²) in [5, 5.41) is 9.96. The molecule has 1 aliphatic rings. The van der Waals surface area contributed by atoms with Crippen LogP contribution in [0.2, 0.25) is 5.15 Å². The first-order valence-corrected chi connectivity index (χ1v) is 9.10. The molecule has 0 aliphatic carbocycles. The predicted molar refractivity (Wildman–Crippen MR) is 101 cm³/mol. The van der Waals surface area contributed by atoms with Crippen molar-refractivity contribution in [2.75, 3.05) is 24.2 Å². The van der Waals surface area contributed by atoms with Crippen LogP contribution in [0.15, 0.2) is 17.3 Å². The molecule has 1 unspecified atom stereocenters. The van der Waals surface area contributed by atoms with Gasteiger partial charge in [0, 0.05) is 25.1 Å². The van der Waals surface area contributed by atoms with E-state index in [1.54, 1.807) is 0 Å². The second-order valence-corrected chi connectivity index (χ2v) is 8.47. The van der Waals surface area contributed by atoms with Crippen molar-refractivity contribution in [1.29, 1.82) is 5.26 Å². The van der Waals surface area contributed by atoms with Crippen LogP contribution in [0.4, 0.5) is 11.5 Å². The molecule has 3 rings (SSSR count). The van der Waals surface area contributed by atoms with Crippen LogP contribution in [-0.2, 0) is 5.41 Å². The highest BCUT2D eigenvalue weighted by Gasteiger charge is 2.36. The van der Waals surface area contributed by atoms with E-state index < -0.39 is 0 Å². The Labute approximate surface area is 156 Å². The first kappa shape index (κ1) is 17.8. The molecule has 1 atom stereocenters. The van der Waals surface area contributed by atoms with Gasteiger partial charge in [-0.05, 0) is 18.6 Å². The van der Waals surface area contributed by atoms with E-state index in [-0.39, 0.29) is 22.2 Å². The highest BCUT2D eigenvalue weighted by Crippen LogP contribution is 2.45. The Morgan fingerprint density at radius 1 is 1.36 bits per heavy atom. The standard InChI is InChI=1S/C17H19ClN6S/c1-9(25-16-21-10(7-19)5-13(20)23-16)12-6-11-14(15(18)22-12)24(4)8-17(11,2)3/h5-6,9H,8H2,1-4H3,(H2,20,21,23). The normalized spacial score (nSPS) is 16.4. The Balaban J connectivity index is 1.94. The molecule has 0 bridgehead atoms. The van der Waals surface area contributed by atoms with E-state index in [1.807, 2.05) is 20.0 Å². The summed E-state index contributed by atoms with van der Waals surface area (Å²) < 4.78 is 0. The number of anilines is 2. The zero-order valence-corrected chi connectivity index (χ0v) is 16.1. The van der Waals surface area contributed by atoms with Crippen molar-refractivity contribution in [1.82, 2.24) is 15.0 Å². The van der Waals surface area contributed by atoms with Gasteiger partial charge in [-0.2, -0.15) is 5.26 Å². The highest BCUT2D eigenvalue weighted by molar-refractivity contribution is 7.99. The average Bonchev–Trinajstić information content (AvgIpc) is 2.76. The molecule has 0 spiro atoms. The Hall–Kier alpha value is -2.04. The molecule has 0 aromatic carbocycles. The van der Waals surface area contributed by atoms with Gasteiger partial charge in [-0.1, -0.05) is 37.2 Å². The Kier molecular flexibility index (Phi) is 4.52. The van der Waals surface area contributed by atoms with Crippen molar-refractivity contribution >= 4 is 34.9 Å². The van der Waals surface area contributed by atoms with Gasteiger partial charge in [0.05, 0.1) is 16.6 Å². The van der Waals surface area contributed by atoms with Gasteiger partial charge in [-0.25, -0.2) is 15.0 Å². The Bertz CT molecular complexity index is 876. The minimum absolute atomic E-state index is 0.0114. The lowest BCUT2D eigenvalue weighted by molar-refractivity contribution is 0.562. The zero-order chi connectivity index (χ0) is 18.4. The first-order chi connectivity index (χ1) is 11.7. The van der Waals surface area contributed by atoms with Gasteiger partial charge in [0.2, 0.25) is 0 Å². The molecule has 2 aromatic rings. The lowest BCUT2D eigenvalue weighted by Gasteiger charge is -2.19. The van der Waals surface area contributed by atoms with E-state index in [4.69, 9.17) is 22.6 Å². The molecule has 130 valence electrons. The maximum Gasteiger partial charge on any atom is 0.191 e. The molecule has 0 saturated carbocycles. The van der Waals surface area contributed by atoms with E-state index >= 15 is 0 Å². The highest BCUT2D eigenvalue weighted by atomic mass is 35.5. The van der Waals surface area contributed by atoms with Crippen LogP contribution in [0.5, 0.6) is 0 Å². The third-order valence-corrected chi connectivity index (χ3v) is 5.50. The van der Waals surface area contributed by atoms with E-state index in [9.17, 15) is 0 Å². The minimum Gasteiger partial charge on any atom is -0.384 e. The van der Waals surface area contributed by atoms with Gasteiger partial charge in [-0.15, -0.1) is 0 Å². The smallest absolute Gasteiger partial charge is 0.191 e. The molecular weight excluding hydrogens is 356 g/mol. The molecule has 2 N–H and O–H groups in total. The summed E-state index contributed by atoms with van der Waals surface area (Å²) in [6.45, 7) is 7.32. The van der Waals surface area contributed by atoms with Crippen LogP contribution in [0.1, 0.15) is 43.0 Å². The summed E-state index contributed by atoms with van der Waals surface area (Å²) in [5.41, 5.74) is 9.07. The molecular formula is C17H19ClN6S. The van der Waals surface area contributed by atoms with Crippen LogP contribution < -0.4 is 10.6 Å². The number of nitriles is 1. The van der Waals surface area contributed by atoms with Crippen molar-refractivity contribution in [3.8, 4) is 6.07 Å². The average molecular weight is 375 g/mol. The monoisotopic (exact) mass is 374 g/mol. The summed E-state index contributed by atoms with van der Waals surface area (Å²) in [6.07, 6.45) is 0. The van der Waals surface area contributed by atoms with Crippen LogP contribution in [0, 0.1) is 11.3 Å².